The first-order valence-electron chi connectivity index (χ1n) is 7.84. The van der Waals surface area contributed by atoms with E-state index in [0.717, 1.165) is 29.6 Å². The minimum Gasteiger partial charge on any atom is -0.0683 e. The van der Waals surface area contributed by atoms with Crippen LogP contribution in [0.4, 0.5) is 0 Å². The molecule has 0 aromatic heterocycles. The molecule has 1 aliphatic rings. The predicted molar refractivity (Wildman–Crippen MR) is 82.4 cm³/mol. The molecule has 1 aliphatic carbocycles. The van der Waals surface area contributed by atoms with Crippen molar-refractivity contribution in [3.8, 4) is 0 Å². The van der Waals surface area contributed by atoms with E-state index in [9.17, 15) is 0 Å². The first-order valence-corrected chi connectivity index (χ1v) is 7.84. The lowest BCUT2D eigenvalue weighted by atomic mass is 9.71. The number of rotatable bonds is 1. The van der Waals surface area contributed by atoms with E-state index >= 15 is 0 Å². The lowest BCUT2D eigenvalue weighted by molar-refractivity contribution is 0.158. The van der Waals surface area contributed by atoms with Gasteiger partial charge in [-0.15, -0.1) is 0 Å². The molecule has 0 aromatic carbocycles. The van der Waals surface area contributed by atoms with Gasteiger partial charge in [-0.2, -0.15) is 0 Å². The summed E-state index contributed by atoms with van der Waals surface area (Å²) in [6.07, 6.45) is 4.40. The Kier molecular flexibility index (Phi) is 12.6. The standard InChI is InChI=1S/C11H22.C4H10.C2H6/c1-8(2)11-6-5-9(3)7-10(11)4;1-4(2)3;1-2/h8-11H,5-7H2,1-4H3;4H,1-3H3;1-2H3. The Balaban J connectivity index is 0. The van der Waals surface area contributed by atoms with Crippen LogP contribution >= 0.6 is 0 Å². The normalized spacial score (nSPS) is 28.1. The molecule has 0 radical (unpaired) electrons. The fraction of sp³-hybridized carbons (Fsp3) is 1.00. The zero-order valence-corrected chi connectivity index (χ0v) is 14.0. The number of hydrogen-bond donors (Lipinski definition) is 0. The van der Waals surface area contributed by atoms with E-state index in [1.165, 1.54) is 19.3 Å². The maximum atomic E-state index is 2.43. The summed E-state index contributed by atoms with van der Waals surface area (Å²) in [5.74, 6) is 4.70. The molecular weight excluding hydrogens is 204 g/mol. The minimum absolute atomic E-state index is 0.833. The highest BCUT2D eigenvalue weighted by atomic mass is 14.3. The molecule has 1 rings (SSSR count). The Morgan fingerprint density at radius 1 is 0.824 bits per heavy atom. The molecule has 3 unspecified atom stereocenters. The van der Waals surface area contributed by atoms with Crippen LogP contribution in [-0.2, 0) is 0 Å². The summed E-state index contributed by atoms with van der Waals surface area (Å²) in [6.45, 7) is 20.1. The van der Waals surface area contributed by atoms with E-state index in [1.54, 1.807) is 0 Å². The van der Waals surface area contributed by atoms with Gasteiger partial charge in [0.15, 0.2) is 0 Å². The summed E-state index contributed by atoms with van der Waals surface area (Å²) in [4.78, 5) is 0. The SMILES string of the molecule is CC.CC(C)C.CC1CCC(C(C)C)C(C)C1. The zero-order chi connectivity index (χ0) is 14.0. The van der Waals surface area contributed by atoms with Crippen LogP contribution in [0, 0.1) is 29.6 Å². The lowest BCUT2D eigenvalue weighted by Gasteiger charge is -2.35. The van der Waals surface area contributed by atoms with Crippen LogP contribution in [0.15, 0.2) is 0 Å². The van der Waals surface area contributed by atoms with Crippen molar-refractivity contribution in [1.82, 2.24) is 0 Å². The van der Waals surface area contributed by atoms with Crippen LogP contribution < -0.4 is 0 Å². The largest absolute Gasteiger partial charge is 0.0683 e. The van der Waals surface area contributed by atoms with Crippen LogP contribution in [0.5, 0.6) is 0 Å². The third kappa shape index (κ3) is 10.9. The smallest absolute Gasteiger partial charge is 0.0365 e. The monoisotopic (exact) mass is 242 g/mol. The third-order valence-corrected chi connectivity index (χ3v) is 3.35. The van der Waals surface area contributed by atoms with Crippen molar-refractivity contribution in [3.63, 3.8) is 0 Å². The van der Waals surface area contributed by atoms with Gasteiger partial charge in [0.1, 0.15) is 0 Å². The molecule has 0 heteroatoms. The van der Waals surface area contributed by atoms with E-state index in [4.69, 9.17) is 0 Å². The summed E-state index contributed by atoms with van der Waals surface area (Å²) in [5.41, 5.74) is 0. The van der Waals surface area contributed by atoms with Crippen LogP contribution in [-0.4, -0.2) is 0 Å². The molecule has 1 fully saturated rings. The van der Waals surface area contributed by atoms with Crippen molar-refractivity contribution in [2.24, 2.45) is 29.6 Å². The van der Waals surface area contributed by atoms with Crippen molar-refractivity contribution in [2.45, 2.75) is 81.6 Å². The second-order valence-corrected chi connectivity index (χ2v) is 6.54. The lowest BCUT2D eigenvalue weighted by Crippen LogP contribution is -2.25. The van der Waals surface area contributed by atoms with Crippen molar-refractivity contribution in [3.05, 3.63) is 0 Å². The van der Waals surface area contributed by atoms with E-state index < -0.39 is 0 Å². The average Bonchev–Trinajstić information content (AvgIpc) is 2.19. The summed E-state index contributed by atoms with van der Waals surface area (Å²) in [7, 11) is 0. The molecule has 0 nitrogen and oxygen atoms in total. The van der Waals surface area contributed by atoms with Gasteiger partial charge < -0.3 is 0 Å². The van der Waals surface area contributed by atoms with Gasteiger partial charge in [0.25, 0.3) is 0 Å². The quantitative estimate of drug-likeness (QED) is 0.499. The zero-order valence-electron chi connectivity index (χ0n) is 14.0. The Bertz CT molecular complexity index is 143. The van der Waals surface area contributed by atoms with Gasteiger partial charge in [0, 0.05) is 0 Å². The van der Waals surface area contributed by atoms with Crippen LogP contribution in [0.3, 0.4) is 0 Å². The molecule has 0 bridgehead atoms. The molecule has 0 heterocycles. The van der Waals surface area contributed by atoms with Gasteiger partial charge in [0.05, 0.1) is 0 Å². The summed E-state index contributed by atoms with van der Waals surface area (Å²) in [6, 6.07) is 0. The Morgan fingerprint density at radius 3 is 1.53 bits per heavy atom. The highest BCUT2D eigenvalue weighted by Crippen LogP contribution is 2.37. The topological polar surface area (TPSA) is 0 Å². The van der Waals surface area contributed by atoms with E-state index in [-0.39, 0.29) is 0 Å². The van der Waals surface area contributed by atoms with Crippen LogP contribution in [0.1, 0.15) is 81.6 Å². The first kappa shape index (κ1) is 19.3. The van der Waals surface area contributed by atoms with Gasteiger partial charge in [-0.05, 0) is 42.4 Å². The van der Waals surface area contributed by atoms with E-state index in [0.29, 0.717) is 0 Å². The molecule has 0 aliphatic heterocycles. The van der Waals surface area contributed by atoms with Crippen molar-refractivity contribution in [1.29, 1.82) is 0 Å². The van der Waals surface area contributed by atoms with Crippen LogP contribution in [0.25, 0.3) is 0 Å². The average molecular weight is 242 g/mol. The molecule has 0 saturated heterocycles. The van der Waals surface area contributed by atoms with Gasteiger partial charge in [0.2, 0.25) is 0 Å². The maximum absolute atomic E-state index is 2.43. The molecule has 0 spiro atoms. The molecule has 0 N–H and O–H groups in total. The van der Waals surface area contributed by atoms with Crippen molar-refractivity contribution >= 4 is 0 Å². The first-order chi connectivity index (χ1) is 7.84. The summed E-state index contributed by atoms with van der Waals surface area (Å²) < 4.78 is 0. The predicted octanol–water partition coefficient (Wildman–Crippen LogP) is 6.40. The second-order valence-electron chi connectivity index (χ2n) is 6.54. The van der Waals surface area contributed by atoms with Crippen LogP contribution in [0.2, 0.25) is 0 Å². The van der Waals surface area contributed by atoms with Gasteiger partial charge in [-0.3, -0.25) is 0 Å². The molecule has 1 saturated carbocycles. The molecule has 3 atom stereocenters. The summed E-state index contributed by atoms with van der Waals surface area (Å²) in [5, 5.41) is 0. The van der Waals surface area contributed by atoms with Gasteiger partial charge in [-0.1, -0.05) is 68.7 Å². The van der Waals surface area contributed by atoms with Crippen molar-refractivity contribution in [2.75, 3.05) is 0 Å². The fourth-order valence-electron chi connectivity index (χ4n) is 2.68. The molecular formula is C17H38. The Morgan fingerprint density at radius 2 is 1.24 bits per heavy atom. The van der Waals surface area contributed by atoms with E-state index in [2.05, 4.69) is 48.5 Å². The second kappa shape index (κ2) is 11.1. The van der Waals surface area contributed by atoms with E-state index in [1.807, 2.05) is 13.8 Å². The fourth-order valence-corrected chi connectivity index (χ4v) is 2.68. The Hall–Kier alpha value is 0. The highest BCUT2D eigenvalue weighted by Gasteiger charge is 2.26. The molecule has 0 amide bonds. The maximum Gasteiger partial charge on any atom is -0.0365 e. The Labute approximate surface area is 112 Å². The highest BCUT2D eigenvalue weighted by molar-refractivity contribution is 4.77. The molecule has 106 valence electrons. The third-order valence-electron chi connectivity index (χ3n) is 3.35. The minimum atomic E-state index is 0.833. The molecule has 17 heavy (non-hydrogen) atoms. The van der Waals surface area contributed by atoms with Gasteiger partial charge in [-0.25, -0.2) is 0 Å². The molecule has 0 aromatic rings. The van der Waals surface area contributed by atoms with Crippen molar-refractivity contribution < 1.29 is 0 Å². The summed E-state index contributed by atoms with van der Waals surface area (Å²) >= 11 is 0. The number of hydrogen-bond acceptors (Lipinski definition) is 0. The van der Waals surface area contributed by atoms with Gasteiger partial charge >= 0.3 is 0 Å².